The Morgan fingerprint density at radius 2 is 1.64 bits per heavy atom. The molecule has 0 bridgehead atoms. The van der Waals surface area contributed by atoms with Crippen LogP contribution in [0.3, 0.4) is 0 Å². The molecule has 0 saturated carbocycles. The van der Waals surface area contributed by atoms with E-state index in [1.165, 1.54) is 44.9 Å². The molecule has 84 valence electrons. The van der Waals surface area contributed by atoms with Crippen molar-refractivity contribution in [2.24, 2.45) is 0 Å². The van der Waals surface area contributed by atoms with E-state index in [0.717, 1.165) is 6.42 Å². The molecule has 0 fully saturated rings. The van der Waals surface area contributed by atoms with Crippen LogP contribution in [0.4, 0.5) is 0 Å². The molecule has 0 aliphatic carbocycles. The third kappa shape index (κ3) is 8.31. The molecule has 0 aliphatic heterocycles. The maximum Gasteiger partial charge on any atom is 0.0465 e. The summed E-state index contributed by atoms with van der Waals surface area (Å²) in [7, 11) is 0. The summed E-state index contributed by atoms with van der Waals surface area (Å²) in [5.74, 6) is 0. The maximum absolute atomic E-state index is 8.77. The van der Waals surface area contributed by atoms with Crippen molar-refractivity contribution in [2.45, 2.75) is 65.2 Å². The van der Waals surface area contributed by atoms with Gasteiger partial charge in [-0.15, -0.1) is 0 Å². The van der Waals surface area contributed by atoms with Gasteiger partial charge in [-0.3, -0.25) is 0 Å². The Bertz CT molecular complexity index is 138. The second kappa shape index (κ2) is 10.8. The number of aliphatic hydroxyl groups excluding tert-OH is 1. The maximum atomic E-state index is 8.77. The second-order valence-corrected chi connectivity index (χ2v) is 3.94. The second-order valence-electron chi connectivity index (χ2n) is 3.94. The van der Waals surface area contributed by atoms with Gasteiger partial charge in [-0.1, -0.05) is 44.8 Å². The lowest BCUT2D eigenvalue weighted by Gasteiger charge is -2.06. The molecule has 0 aliphatic rings. The molecule has 1 N–H and O–H groups in total. The minimum absolute atomic E-state index is 0.295. The number of hydrogen-bond donors (Lipinski definition) is 1. The van der Waals surface area contributed by atoms with Gasteiger partial charge in [0.25, 0.3) is 0 Å². The zero-order chi connectivity index (χ0) is 10.6. The fourth-order valence-electron chi connectivity index (χ4n) is 1.60. The summed E-state index contributed by atoms with van der Waals surface area (Å²) < 4.78 is 0. The van der Waals surface area contributed by atoms with E-state index in [2.05, 4.69) is 19.9 Å². The number of unbranched alkanes of at least 4 members (excludes halogenated alkanes) is 3. The topological polar surface area (TPSA) is 20.2 Å². The lowest BCUT2D eigenvalue weighted by Crippen LogP contribution is -1.88. The molecule has 0 rings (SSSR count). The van der Waals surface area contributed by atoms with E-state index < -0.39 is 0 Å². The van der Waals surface area contributed by atoms with Crippen LogP contribution in [0.1, 0.15) is 65.2 Å². The summed E-state index contributed by atoms with van der Waals surface area (Å²) in [6, 6.07) is 0. The van der Waals surface area contributed by atoms with Crippen molar-refractivity contribution in [1.29, 1.82) is 0 Å². The Kier molecular flexibility index (Phi) is 10.5. The molecule has 0 atom stereocenters. The highest BCUT2D eigenvalue weighted by atomic mass is 16.2. The summed E-state index contributed by atoms with van der Waals surface area (Å²) in [4.78, 5) is 0. The summed E-state index contributed by atoms with van der Waals surface area (Å²) in [5.41, 5.74) is 1.56. The van der Waals surface area contributed by atoms with Gasteiger partial charge in [-0.25, -0.2) is 0 Å². The molecule has 0 radical (unpaired) electrons. The fourth-order valence-corrected chi connectivity index (χ4v) is 1.60. The van der Waals surface area contributed by atoms with Gasteiger partial charge in [-0.05, 0) is 32.1 Å². The van der Waals surface area contributed by atoms with E-state index in [-0.39, 0.29) is 0 Å². The van der Waals surface area contributed by atoms with Crippen LogP contribution in [0, 0.1) is 0 Å². The largest absolute Gasteiger partial charge is 0.396 e. The Morgan fingerprint density at radius 3 is 2.21 bits per heavy atom. The molecule has 1 nitrogen and oxygen atoms in total. The third-order valence-corrected chi connectivity index (χ3v) is 2.52. The van der Waals surface area contributed by atoms with Crippen LogP contribution in [0.5, 0.6) is 0 Å². The molecule has 0 amide bonds. The lowest BCUT2D eigenvalue weighted by molar-refractivity contribution is 0.302. The van der Waals surface area contributed by atoms with Gasteiger partial charge < -0.3 is 5.11 Å². The Hall–Kier alpha value is -0.300. The minimum atomic E-state index is 0.295. The van der Waals surface area contributed by atoms with Crippen molar-refractivity contribution in [3.63, 3.8) is 0 Å². The summed E-state index contributed by atoms with van der Waals surface area (Å²) >= 11 is 0. The van der Waals surface area contributed by atoms with Crippen LogP contribution in [0.2, 0.25) is 0 Å². The van der Waals surface area contributed by atoms with Crippen LogP contribution in [-0.4, -0.2) is 11.7 Å². The number of rotatable bonds is 9. The van der Waals surface area contributed by atoms with Crippen LogP contribution in [0.25, 0.3) is 0 Å². The molecular formula is C13H26O. The molecule has 14 heavy (non-hydrogen) atoms. The molecular weight excluding hydrogens is 172 g/mol. The fraction of sp³-hybridized carbons (Fsp3) is 0.846. The monoisotopic (exact) mass is 198 g/mol. The van der Waals surface area contributed by atoms with Crippen LogP contribution in [-0.2, 0) is 0 Å². The molecule has 0 spiro atoms. The van der Waals surface area contributed by atoms with Crippen LogP contribution < -0.4 is 0 Å². The van der Waals surface area contributed by atoms with Crippen molar-refractivity contribution in [2.75, 3.05) is 6.61 Å². The zero-order valence-corrected chi connectivity index (χ0v) is 9.89. The van der Waals surface area contributed by atoms with Crippen molar-refractivity contribution in [3.05, 3.63) is 11.6 Å². The molecule has 0 heterocycles. The van der Waals surface area contributed by atoms with E-state index in [9.17, 15) is 0 Å². The molecule has 0 unspecified atom stereocenters. The summed E-state index contributed by atoms with van der Waals surface area (Å²) in [6.45, 7) is 4.77. The Labute approximate surface area is 89.2 Å². The normalized spacial score (nSPS) is 12.1. The van der Waals surface area contributed by atoms with Gasteiger partial charge in [0.2, 0.25) is 0 Å². The average Bonchev–Trinajstić information content (AvgIpc) is 2.21. The number of allylic oxidation sites excluding steroid dienone is 1. The number of hydrogen-bond acceptors (Lipinski definition) is 1. The first kappa shape index (κ1) is 13.7. The first-order valence-corrected chi connectivity index (χ1v) is 6.13. The minimum Gasteiger partial charge on any atom is -0.396 e. The third-order valence-electron chi connectivity index (χ3n) is 2.52. The SMILES string of the molecule is CCCCC/C(=C\CCO)CCCC. The standard InChI is InChI=1S/C13H26O/c1-3-5-7-10-13(9-6-4-2)11-8-12-14/h11,14H,3-10,12H2,1-2H3/b13-11-. The quantitative estimate of drug-likeness (QED) is 0.437. The average molecular weight is 198 g/mol. The van der Waals surface area contributed by atoms with Crippen molar-refractivity contribution < 1.29 is 5.11 Å². The van der Waals surface area contributed by atoms with Crippen molar-refractivity contribution in [1.82, 2.24) is 0 Å². The molecule has 1 heteroatoms. The van der Waals surface area contributed by atoms with Gasteiger partial charge in [0.1, 0.15) is 0 Å². The highest BCUT2D eigenvalue weighted by molar-refractivity contribution is 5.01. The van der Waals surface area contributed by atoms with E-state index in [1.807, 2.05) is 0 Å². The smallest absolute Gasteiger partial charge is 0.0465 e. The lowest BCUT2D eigenvalue weighted by atomic mass is 10.0. The van der Waals surface area contributed by atoms with Gasteiger partial charge in [0.05, 0.1) is 0 Å². The van der Waals surface area contributed by atoms with E-state index >= 15 is 0 Å². The first-order chi connectivity index (χ1) is 6.85. The highest BCUT2D eigenvalue weighted by Crippen LogP contribution is 2.16. The highest BCUT2D eigenvalue weighted by Gasteiger charge is 1.96. The van der Waals surface area contributed by atoms with Crippen molar-refractivity contribution >= 4 is 0 Å². The van der Waals surface area contributed by atoms with Crippen LogP contribution in [0.15, 0.2) is 11.6 Å². The van der Waals surface area contributed by atoms with Crippen LogP contribution >= 0.6 is 0 Å². The predicted molar refractivity (Wildman–Crippen MR) is 63.5 cm³/mol. The summed E-state index contributed by atoms with van der Waals surface area (Å²) in [6.07, 6.45) is 12.1. The molecule has 0 aromatic heterocycles. The van der Waals surface area contributed by atoms with Crippen molar-refractivity contribution in [3.8, 4) is 0 Å². The molecule has 0 aromatic rings. The Balaban J connectivity index is 3.72. The molecule has 0 aromatic carbocycles. The van der Waals surface area contributed by atoms with Gasteiger partial charge >= 0.3 is 0 Å². The zero-order valence-electron chi connectivity index (χ0n) is 9.89. The summed E-state index contributed by atoms with van der Waals surface area (Å²) in [5, 5.41) is 8.77. The predicted octanol–water partition coefficient (Wildman–Crippen LogP) is 4.07. The number of aliphatic hydroxyl groups is 1. The molecule has 0 saturated heterocycles. The van der Waals surface area contributed by atoms with Gasteiger partial charge in [0, 0.05) is 6.61 Å². The van der Waals surface area contributed by atoms with Gasteiger partial charge in [-0.2, -0.15) is 0 Å². The first-order valence-electron chi connectivity index (χ1n) is 6.13. The van der Waals surface area contributed by atoms with E-state index in [0.29, 0.717) is 6.61 Å². The Morgan fingerprint density at radius 1 is 1.00 bits per heavy atom. The van der Waals surface area contributed by atoms with E-state index in [1.54, 1.807) is 5.57 Å². The van der Waals surface area contributed by atoms with Gasteiger partial charge in [0.15, 0.2) is 0 Å². The van der Waals surface area contributed by atoms with E-state index in [4.69, 9.17) is 5.11 Å².